The molecule has 4 rings (SSSR count). The maximum atomic E-state index is 12.9. The van der Waals surface area contributed by atoms with E-state index in [1.54, 1.807) is 30.6 Å². The topological polar surface area (TPSA) is 117 Å². The summed E-state index contributed by atoms with van der Waals surface area (Å²) in [6.45, 7) is 1.96. The van der Waals surface area contributed by atoms with Crippen LogP contribution in [-0.2, 0) is 14.8 Å². The number of rotatable bonds is 5. The summed E-state index contributed by atoms with van der Waals surface area (Å²) in [6, 6.07) is 8.09. The highest BCUT2D eigenvalue weighted by atomic mass is 32.2. The standard InChI is InChI=1S/C22H28N6O3S/c29-21(17-7-5-14-28(16-17)22-24-12-6-13-25-22)26-18-8-4-9-19(15-18)32(30,31)27-20-10-2-1-3-11-23-20/h4,6,8-9,12-13,15,17H,1-3,5,7,10-11,14,16H2,(H,23,27)(H,26,29). The van der Waals surface area contributed by atoms with Gasteiger partial charge in [-0.1, -0.05) is 12.5 Å². The first-order valence-electron chi connectivity index (χ1n) is 11.0. The fourth-order valence-corrected chi connectivity index (χ4v) is 5.12. The van der Waals surface area contributed by atoms with Gasteiger partial charge in [0.05, 0.1) is 10.8 Å². The Kier molecular flexibility index (Phi) is 6.99. The van der Waals surface area contributed by atoms with Gasteiger partial charge in [0.1, 0.15) is 5.84 Å². The number of amidine groups is 1. The Morgan fingerprint density at radius 2 is 1.91 bits per heavy atom. The van der Waals surface area contributed by atoms with E-state index in [1.807, 2.05) is 4.90 Å². The number of anilines is 2. The molecule has 0 bridgehead atoms. The highest BCUT2D eigenvalue weighted by molar-refractivity contribution is 7.90. The summed E-state index contributed by atoms with van der Waals surface area (Å²) in [4.78, 5) is 27.9. The smallest absolute Gasteiger partial charge is 0.262 e. The first-order chi connectivity index (χ1) is 15.5. The van der Waals surface area contributed by atoms with Crippen LogP contribution in [0.1, 0.15) is 38.5 Å². The molecule has 10 heteroatoms. The van der Waals surface area contributed by atoms with Gasteiger partial charge in [-0.15, -0.1) is 0 Å². The fourth-order valence-electron chi connectivity index (χ4n) is 3.98. The number of amides is 1. The largest absolute Gasteiger partial charge is 0.340 e. The van der Waals surface area contributed by atoms with Crippen LogP contribution in [0.15, 0.2) is 52.6 Å². The number of piperidine rings is 1. The van der Waals surface area contributed by atoms with Gasteiger partial charge in [0, 0.05) is 44.1 Å². The van der Waals surface area contributed by atoms with E-state index in [1.165, 1.54) is 12.1 Å². The maximum absolute atomic E-state index is 12.9. The predicted molar refractivity (Wildman–Crippen MR) is 123 cm³/mol. The van der Waals surface area contributed by atoms with Gasteiger partial charge in [-0.25, -0.2) is 18.4 Å². The van der Waals surface area contributed by atoms with Gasteiger partial charge >= 0.3 is 0 Å². The molecule has 0 saturated carbocycles. The molecule has 1 atom stereocenters. The molecule has 0 spiro atoms. The van der Waals surface area contributed by atoms with Crippen molar-refractivity contribution in [2.24, 2.45) is 10.9 Å². The number of benzene rings is 1. The quantitative estimate of drug-likeness (QED) is 0.714. The summed E-state index contributed by atoms with van der Waals surface area (Å²) in [5.41, 5.74) is 0.453. The van der Waals surface area contributed by atoms with Gasteiger partial charge in [0.2, 0.25) is 11.9 Å². The predicted octanol–water partition coefficient (Wildman–Crippen LogP) is 2.58. The number of aliphatic imine (C=N–C) groups is 1. The van der Waals surface area contributed by atoms with Gasteiger partial charge in [-0.2, -0.15) is 0 Å². The van der Waals surface area contributed by atoms with Crippen molar-refractivity contribution in [2.45, 2.75) is 43.4 Å². The first-order valence-corrected chi connectivity index (χ1v) is 12.5. The lowest BCUT2D eigenvalue weighted by atomic mass is 9.97. The lowest BCUT2D eigenvalue weighted by molar-refractivity contribution is -0.120. The van der Waals surface area contributed by atoms with Crippen molar-refractivity contribution in [3.8, 4) is 0 Å². The SMILES string of the molecule is O=C(Nc1cccc(S(=O)(=O)NC2=NCCCCC2)c1)C1CCCN(c2ncccn2)C1. The van der Waals surface area contributed by atoms with Gasteiger partial charge in [-0.05, 0) is 49.9 Å². The molecule has 2 N–H and O–H groups in total. The highest BCUT2D eigenvalue weighted by Gasteiger charge is 2.27. The summed E-state index contributed by atoms with van der Waals surface area (Å²) in [5, 5.41) is 2.88. The molecule has 2 aliphatic heterocycles. The highest BCUT2D eigenvalue weighted by Crippen LogP contribution is 2.23. The average Bonchev–Trinajstić information content (AvgIpc) is 3.08. The molecule has 9 nitrogen and oxygen atoms in total. The molecule has 2 aliphatic rings. The molecule has 170 valence electrons. The molecule has 2 aromatic rings. The van der Waals surface area contributed by atoms with Gasteiger partial charge < -0.3 is 10.2 Å². The second-order valence-corrected chi connectivity index (χ2v) is 9.78. The Bertz CT molecular complexity index is 1070. The number of nitrogens with one attached hydrogen (secondary N) is 2. The van der Waals surface area contributed by atoms with Crippen LogP contribution >= 0.6 is 0 Å². The van der Waals surface area contributed by atoms with Crippen LogP contribution in [0.5, 0.6) is 0 Å². The van der Waals surface area contributed by atoms with Crippen molar-refractivity contribution in [1.29, 1.82) is 0 Å². The summed E-state index contributed by atoms with van der Waals surface area (Å²) < 4.78 is 28.3. The van der Waals surface area contributed by atoms with Crippen LogP contribution in [0.3, 0.4) is 0 Å². The van der Waals surface area contributed by atoms with Crippen molar-refractivity contribution in [1.82, 2.24) is 14.7 Å². The molecule has 0 aliphatic carbocycles. The van der Waals surface area contributed by atoms with E-state index >= 15 is 0 Å². The molecule has 1 unspecified atom stereocenters. The van der Waals surface area contributed by atoms with Crippen molar-refractivity contribution in [2.75, 3.05) is 29.9 Å². The van der Waals surface area contributed by atoms with Crippen LogP contribution in [0.25, 0.3) is 0 Å². The molecule has 1 fully saturated rings. The Balaban J connectivity index is 1.42. The van der Waals surface area contributed by atoms with Crippen LogP contribution in [0.4, 0.5) is 11.6 Å². The Labute approximate surface area is 188 Å². The molecule has 0 radical (unpaired) electrons. The van der Waals surface area contributed by atoms with Gasteiger partial charge in [0.25, 0.3) is 10.0 Å². The maximum Gasteiger partial charge on any atom is 0.262 e. The zero-order valence-corrected chi connectivity index (χ0v) is 18.7. The molecule has 1 amide bonds. The molecule has 1 saturated heterocycles. The second-order valence-electron chi connectivity index (χ2n) is 8.10. The van der Waals surface area contributed by atoms with E-state index in [2.05, 4.69) is 25.0 Å². The zero-order valence-electron chi connectivity index (χ0n) is 17.9. The van der Waals surface area contributed by atoms with E-state index < -0.39 is 10.0 Å². The van der Waals surface area contributed by atoms with Crippen LogP contribution < -0.4 is 14.9 Å². The molecule has 3 heterocycles. The van der Waals surface area contributed by atoms with E-state index in [0.29, 0.717) is 37.0 Å². The third kappa shape index (κ3) is 5.61. The first kappa shape index (κ1) is 22.2. The summed E-state index contributed by atoms with van der Waals surface area (Å²) in [7, 11) is -3.76. The van der Waals surface area contributed by atoms with E-state index in [-0.39, 0.29) is 16.7 Å². The molecule has 1 aromatic carbocycles. The zero-order chi connectivity index (χ0) is 22.4. The Hall–Kier alpha value is -3.01. The summed E-state index contributed by atoms with van der Waals surface area (Å²) in [5.74, 6) is 0.750. The van der Waals surface area contributed by atoms with E-state index in [0.717, 1.165) is 38.6 Å². The van der Waals surface area contributed by atoms with Crippen molar-refractivity contribution in [3.63, 3.8) is 0 Å². The molecule has 1 aromatic heterocycles. The number of hydrogen-bond acceptors (Lipinski definition) is 7. The Morgan fingerprint density at radius 3 is 2.75 bits per heavy atom. The minimum atomic E-state index is -3.76. The van der Waals surface area contributed by atoms with Gasteiger partial charge in [0.15, 0.2) is 0 Å². The monoisotopic (exact) mass is 456 g/mol. The van der Waals surface area contributed by atoms with Gasteiger partial charge in [-0.3, -0.25) is 14.5 Å². The minimum absolute atomic E-state index is 0.102. The molecule has 32 heavy (non-hydrogen) atoms. The number of hydrogen-bond donors (Lipinski definition) is 2. The number of carbonyl (C=O) groups excluding carboxylic acids is 1. The Morgan fingerprint density at radius 1 is 1.06 bits per heavy atom. The lowest BCUT2D eigenvalue weighted by Gasteiger charge is -2.31. The summed E-state index contributed by atoms with van der Waals surface area (Å²) >= 11 is 0. The normalized spacial score (nSPS) is 19.6. The number of carbonyl (C=O) groups is 1. The van der Waals surface area contributed by atoms with E-state index in [9.17, 15) is 13.2 Å². The molecular formula is C22H28N6O3S. The van der Waals surface area contributed by atoms with Crippen LogP contribution in [0.2, 0.25) is 0 Å². The number of sulfonamides is 1. The lowest BCUT2D eigenvalue weighted by Crippen LogP contribution is -2.41. The second kappa shape index (κ2) is 10.1. The van der Waals surface area contributed by atoms with Crippen LogP contribution in [-0.4, -0.2) is 49.8 Å². The average molecular weight is 457 g/mol. The van der Waals surface area contributed by atoms with Crippen molar-refractivity contribution < 1.29 is 13.2 Å². The summed E-state index contributed by atoms with van der Waals surface area (Å²) in [6.07, 6.45) is 8.56. The fraction of sp³-hybridized carbons (Fsp3) is 0.455. The van der Waals surface area contributed by atoms with E-state index in [4.69, 9.17) is 0 Å². The van der Waals surface area contributed by atoms with Crippen molar-refractivity contribution >= 4 is 33.4 Å². The number of aromatic nitrogens is 2. The van der Waals surface area contributed by atoms with Crippen LogP contribution in [0, 0.1) is 5.92 Å². The number of nitrogens with zero attached hydrogens (tertiary/aromatic N) is 4. The minimum Gasteiger partial charge on any atom is -0.340 e. The third-order valence-corrected chi connectivity index (χ3v) is 7.04. The third-order valence-electron chi connectivity index (χ3n) is 5.67. The molecular weight excluding hydrogens is 428 g/mol. The van der Waals surface area contributed by atoms with Crippen molar-refractivity contribution in [3.05, 3.63) is 42.7 Å².